The second-order valence-corrected chi connectivity index (χ2v) is 4.74. The summed E-state index contributed by atoms with van der Waals surface area (Å²) in [4.78, 5) is 10.5. The predicted octanol–water partition coefficient (Wildman–Crippen LogP) is 1.52. The van der Waals surface area contributed by atoms with E-state index in [4.69, 9.17) is 9.84 Å². The molecule has 0 saturated heterocycles. The van der Waals surface area contributed by atoms with Gasteiger partial charge in [-0.05, 0) is 12.1 Å². The first kappa shape index (κ1) is 16.2. The molecule has 1 aromatic rings. The maximum absolute atomic E-state index is 10.5. The van der Waals surface area contributed by atoms with Crippen molar-refractivity contribution in [1.82, 2.24) is 5.32 Å². The van der Waals surface area contributed by atoms with E-state index in [1.54, 1.807) is 24.3 Å². The van der Waals surface area contributed by atoms with E-state index in [9.17, 15) is 9.90 Å². The highest BCUT2D eigenvalue weighted by atomic mass is 16.5. The van der Waals surface area contributed by atoms with Gasteiger partial charge >= 0.3 is 5.97 Å². The van der Waals surface area contributed by atoms with Crippen molar-refractivity contribution in [2.45, 2.75) is 26.0 Å². The number of carboxylic acids is 1. The van der Waals surface area contributed by atoms with E-state index in [1.807, 2.05) is 13.8 Å². The number of para-hydroxylation sites is 1. The maximum atomic E-state index is 10.5. The number of rotatable bonds is 8. The molecule has 1 aromatic carbocycles. The smallest absolute Gasteiger partial charge is 0.328 e. The topological polar surface area (TPSA) is 78.8 Å². The van der Waals surface area contributed by atoms with Crippen LogP contribution >= 0.6 is 0 Å². The number of carbonyl (C=O) groups is 1. The molecule has 0 radical (unpaired) electrons. The van der Waals surface area contributed by atoms with E-state index >= 15 is 0 Å². The molecule has 1 unspecified atom stereocenters. The number of aliphatic hydroxyl groups excluding tert-OH is 1. The number of carboxylic acid groups (broad SMARTS) is 1. The van der Waals surface area contributed by atoms with Crippen LogP contribution in [0.3, 0.4) is 0 Å². The molecule has 1 atom stereocenters. The Morgan fingerprint density at radius 1 is 1.40 bits per heavy atom. The molecule has 0 amide bonds. The van der Waals surface area contributed by atoms with Crippen LogP contribution in [0.25, 0.3) is 6.08 Å². The molecule has 0 bridgehead atoms. The Labute approximate surface area is 118 Å². The quantitative estimate of drug-likeness (QED) is 0.629. The molecule has 1 rings (SSSR count). The van der Waals surface area contributed by atoms with Crippen molar-refractivity contribution in [3.63, 3.8) is 0 Å². The van der Waals surface area contributed by atoms with Crippen LogP contribution in [0, 0.1) is 0 Å². The molecule has 0 aromatic heterocycles. The van der Waals surface area contributed by atoms with Gasteiger partial charge in [0, 0.05) is 24.2 Å². The molecule has 5 nitrogen and oxygen atoms in total. The highest BCUT2D eigenvalue weighted by Crippen LogP contribution is 2.19. The van der Waals surface area contributed by atoms with Gasteiger partial charge in [-0.25, -0.2) is 4.79 Å². The summed E-state index contributed by atoms with van der Waals surface area (Å²) in [5, 5.41) is 21.5. The Kier molecular flexibility index (Phi) is 6.76. The van der Waals surface area contributed by atoms with Gasteiger partial charge in [0.1, 0.15) is 18.5 Å². The van der Waals surface area contributed by atoms with Gasteiger partial charge in [0.2, 0.25) is 0 Å². The third kappa shape index (κ3) is 6.36. The lowest BCUT2D eigenvalue weighted by Crippen LogP contribution is -2.35. The second-order valence-electron chi connectivity index (χ2n) is 4.74. The van der Waals surface area contributed by atoms with Crippen LogP contribution in [-0.4, -0.2) is 41.5 Å². The van der Waals surface area contributed by atoms with Gasteiger partial charge in [-0.3, -0.25) is 0 Å². The summed E-state index contributed by atoms with van der Waals surface area (Å²) in [7, 11) is 0. The number of nitrogens with one attached hydrogen (secondary N) is 1. The highest BCUT2D eigenvalue weighted by molar-refractivity contribution is 5.85. The number of benzene rings is 1. The van der Waals surface area contributed by atoms with Crippen LogP contribution in [0.1, 0.15) is 19.4 Å². The maximum Gasteiger partial charge on any atom is 0.328 e. The van der Waals surface area contributed by atoms with Crippen LogP contribution < -0.4 is 10.1 Å². The zero-order chi connectivity index (χ0) is 15.0. The third-order valence-electron chi connectivity index (χ3n) is 2.52. The summed E-state index contributed by atoms with van der Waals surface area (Å²) in [5.74, 6) is -0.463. The Balaban J connectivity index is 2.57. The van der Waals surface area contributed by atoms with Crippen LogP contribution in [0.4, 0.5) is 0 Å². The number of aliphatic carboxylic acids is 1. The van der Waals surface area contributed by atoms with Crippen LogP contribution in [-0.2, 0) is 4.79 Å². The Hall–Kier alpha value is -1.85. The van der Waals surface area contributed by atoms with Crippen LogP contribution in [0.5, 0.6) is 5.75 Å². The van der Waals surface area contributed by atoms with Gasteiger partial charge < -0.3 is 20.3 Å². The number of hydrogen-bond donors (Lipinski definition) is 3. The van der Waals surface area contributed by atoms with Crippen molar-refractivity contribution in [2.75, 3.05) is 13.2 Å². The summed E-state index contributed by atoms with van der Waals surface area (Å²) in [6, 6.07) is 7.39. The van der Waals surface area contributed by atoms with Crippen molar-refractivity contribution in [3.8, 4) is 5.75 Å². The van der Waals surface area contributed by atoms with E-state index < -0.39 is 12.1 Å². The monoisotopic (exact) mass is 279 g/mol. The lowest BCUT2D eigenvalue weighted by molar-refractivity contribution is -0.131. The van der Waals surface area contributed by atoms with Gasteiger partial charge in [0.05, 0.1) is 0 Å². The Morgan fingerprint density at radius 2 is 2.10 bits per heavy atom. The first-order valence-corrected chi connectivity index (χ1v) is 6.53. The Morgan fingerprint density at radius 3 is 2.75 bits per heavy atom. The third-order valence-corrected chi connectivity index (χ3v) is 2.52. The molecule has 110 valence electrons. The lowest BCUT2D eigenvalue weighted by Gasteiger charge is -2.16. The van der Waals surface area contributed by atoms with Crippen molar-refractivity contribution in [1.29, 1.82) is 0 Å². The minimum Gasteiger partial charge on any atom is -0.490 e. The van der Waals surface area contributed by atoms with E-state index in [0.717, 1.165) is 6.08 Å². The first-order valence-electron chi connectivity index (χ1n) is 6.53. The fraction of sp³-hybridized carbons (Fsp3) is 0.400. The van der Waals surface area contributed by atoms with Crippen molar-refractivity contribution in [2.24, 2.45) is 0 Å². The summed E-state index contributed by atoms with van der Waals surface area (Å²) >= 11 is 0. The number of hydrogen-bond acceptors (Lipinski definition) is 4. The molecular formula is C15H21NO4. The molecule has 3 N–H and O–H groups in total. The molecule has 0 spiro atoms. The standard InChI is InChI=1S/C15H21NO4/c1-11(2)16-9-13(17)10-20-14-6-4-3-5-12(14)7-8-15(18)19/h3-8,11,13,16-17H,9-10H2,1-2H3,(H,18,19)/b8-7+. The predicted molar refractivity (Wildman–Crippen MR) is 77.8 cm³/mol. The van der Waals surface area contributed by atoms with Crippen LogP contribution in [0.15, 0.2) is 30.3 Å². The minimum atomic E-state index is -1.01. The SMILES string of the molecule is CC(C)NCC(O)COc1ccccc1/C=C/C(=O)O. The van der Waals surface area contributed by atoms with E-state index in [0.29, 0.717) is 23.9 Å². The molecule has 0 aliphatic rings. The molecule has 0 saturated carbocycles. The highest BCUT2D eigenvalue weighted by Gasteiger charge is 2.07. The average molecular weight is 279 g/mol. The fourth-order valence-corrected chi connectivity index (χ4v) is 1.53. The Bertz CT molecular complexity index is 457. The van der Waals surface area contributed by atoms with E-state index in [2.05, 4.69) is 5.32 Å². The summed E-state index contributed by atoms with van der Waals surface area (Å²) in [6.07, 6.45) is 1.91. The summed E-state index contributed by atoms with van der Waals surface area (Å²) in [6.45, 7) is 4.60. The van der Waals surface area contributed by atoms with Crippen molar-refractivity contribution in [3.05, 3.63) is 35.9 Å². The molecule has 0 aliphatic carbocycles. The van der Waals surface area contributed by atoms with Gasteiger partial charge in [0.25, 0.3) is 0 Å². The average Bonchev–Trinajstić information content (AvgIpc) is 2.41. The van der Waals surface area contributed by atoms with Gasteiger partial charge in [-0.15, -0.1) is 0 Å². The van der Waals surface area contributed by atoms with Crippen molar-refractivity contribution >= 4 is 12.0 Å². The largest absolute Gasteiger partial charge is 0.490 e. The number of aliphatic hydroxyl groups is 1. The zero-order valence-corrected chi connectivity index (χ0v) is 11.7. The van der Waals surface area contributed by atoms with Gasteiger partial charge in [0.15, 0.2) is 0 Å². The minimum absolute atomic E-state index is 0.150. The molecule has 0 fully saturated rings. The van der Waals surface area contributed by atoms with Crippen molar-refractivity contribution < 1.29 is 19.7 Å². The molecule has 5 heteroatoms. The fourth-order valence-electron chi connectivity index (χ4n) is 1.53. The first-order chi connectivity index (χ1) is 9.49. The van der Waals surface area contributed by atoms with Gasteiger partial charge in [-0.2, -0.15) is 0 Å². The second kappa shape index (κ2) is 8.35. The van der Waals surface area contributed by atoms with Crippen LogP contribution in [0.2, 0.25) is 0 Å². The lowest BCUT2D eigenvalue weighted by atomic mass is 10.2. The van der Waals surface area contributed by atoms with E-state index in [1.165, 1.54) is 6.08 Å². The molecule has 0 aliphatic heterocycles. The number of ether oxygens (including phenoxy) is 1. The normalized spacial score (nSPS) is 12.8. The van der Waals surface area contributed by atoms with Gasteiger partial charge in [-0.1, -0.05) is 32.0 Å². The molecule has 20 heavy (non-hydrogen) atoms. The summed E-state index contributed by atoms with van der Waals surface area (Å²) < 4.78 is 5.53. The summed E-state index contributed by atoms with van der Waals surface area (Å²) in [5.41, 5.74) is 0.666. The molecule has 0 heterocycles. The zero-order valence-electron chi connectivity index (χ0n) is 11.7. The van der Waals surface area contributed by atoms with E-state index in [-0.39, 0.29) is 6.61 Å². The molecular weight excluding hydrogens is 258 g/mol.